The number of aromatic amines is 1. The van der Waals surface area contributed by atoms with Crippen molar-refractivity contribution in [3.8, 4) is 0 Å². The summed E-state index contributed by atoms with van der Waals surface area (Å²) < 4.78 is 5.33. The Labute approximate surface area is 116 Å². The van der Waals surface area contributed by atoms with E-state index in [0.29, 0.717) is 31.7 Å². The first-order chi connectivity index (χ1) is 9.55. The third kappa shape index (κ3) is 2.10. The zero-order valence-electron chi connectivity index (χ0n) is 11.1. The molecule has 3 rings (SSSR count). The van der Waals surface area contributed by atoms with Gasteiger partial charge in [0.2, 0.25) is 0 Å². The van der Waals surface area contributed by atoms with E-state index in [2.05, 4.69) is 10.3 Å². The first kappa shape index (κ1) is 13.2. The molecule has 3 N–H and O–H groups in total. The molecule has 2 fully saturated rings. The maximum atomic E-state index is 12.1. The Bertz CT molecular complexity index is 509. The van der Waals surface area contributed by atoms with Gasteiger partial charge in [0, 0.05) is 19.4 Å². The lowest BCUT2D eigenvalue weighted by Gasteiger charge is -2.55. The van der Waals surface area contributed by atoms with E-state index in [1.807, 2.05) is 0 Å². The van der Waals surface area contributed by atoms with Crippen LogP contribution in [0.2, 0.25) is 0 Å². The van der Waals surface area contributed by atoms with E-state index in [4.69, 9.17) is 4.74 Å². The second-order valence-corrected chi connectivity index (χ2v) is 5.89. The van der Waals surface area contributed by atoms with Crippen LogP contribution in [-0.2, 0) is 9.53 Å². The summed E-state index contributed by atoms with van der Waals surface area (Å²) in [5.74, 6) is -1.31. The zero-order chi connectivity index (χ0) is 14.2. The van der Waals surface area contributed by atoms with Gasteiger partial charge < -0.3 is 20.1 Å². The lowest BCUT2D eigenvalue weighted by Crippen LogP contribution is -2.67. The molecule has 0 radical (unpaired) electrons. The van der Waals surface area contributed by atoms with Crippen molar-refractivity contribution in [3.63, 3.8) is 0 Å². The molecule has 0 unspecified atom stereocenters. The normalized spacial score (nSPS) is 23.0. The summed E-state index contributed by atoms with van der Waals surface area (Å²) >= 11 is 0. The summed E-state index contributed by atoms with van der Waals surface area (Å²) in [6.07, 6.45) is 4.38. The number of hydrogen-bond acceptors (Lipinski definition) is 3. The lowest BCUT2D eigenvalue weighted by molar-refractivity contribution is -0.161. The Morgan fingerprint density at radius 3 is 2.55 bits per heavy atom. The third-order valence-corrected chi connectivity index (χ3v) is 4.51. The first-order valence-corrected chi connectivity index (χ1v) is 6.82. The average Bonchev–Trinajstić information content (AvgIpc) is 2.91. The van der Waals surface area contributed by atoms with Crippen molar-refractivity contribution in [2.24, 2.45) is 5.41 Å². The van der Waals surface area contributed by atoms with E-state index in [1.54, 1.807) is 18.3 Å². The fraction of sp³-hybridized carbons (Fsp3) is 0.571. The summed E-state index contributed by atoms with van der Waals surface area (Å²) in [4.78, 5) is 26.4. The number of carboxylic acid groups (broad SMARTS) is 1. The second-order valence-electron chi connectivity index (χ2n) is 5.89. The summed E-state index contributed by atoms with van der Waals surface area (Å²) in [7, 11) is 0. The number of aliphatic carboxylic acids is 1. The van der Waals surface area contributed by atoms with Gasteiger partial charge in [0.05, 0.1) is 0 Å². The summed E-state index contributed by atoms with van der Waals surface area (Å²) in [6.45, 7) is 1.36. The number of carboxylic acids is 1. The van der Waals surface area contributed by atoms with E-state index in [9.17, 15) is 14.7 Å². The molecule has 1 aromatic rings. The van der Waals surface area contributed by atoms with Gasteiger partial charge in [0.1, 0.15) is 11.2 Å². The number of rotatable bonds is 3. The maximum absolute atomic E-state index is 12.1. The van der Waals surface area contributed by atoms with Crippen LogP contribution in [0.1, 0.15) is 36.2 Å². The monoisotopic (exact) mass is 278 g/mol. The van der Waals surface area contributed by atoms with Gasteiger partial charge in [0.25, 0.3) is 5.91 Å². The minimum atomic E-state index is -1.13. The Morgan fingerprint density at radius 2 is 2.00 bits per heavy atom. The molecule has 1 saturated carbocycles. The fourth-order valence-electron chi connectivity index (χ4n) is 3.44. The molecule has 1 spiro atoms. The molecule has 0 aromatic carbocycles. The van der Waals surface area contributed by atoms with Gasteiger partial charge in [-0.3, -0.25) is 4.79 Å². The SMILES string of the molecule is O=C(NC1(C(=O)O)CC2(CCOCC2)C1)c1ccc[nH]1. The van der Waals surface area contributed by atoms with Gasteiger partial charge in [-0.25, -0.2) is 4.79 Å². The Balaban J connectivity index is 1.71. The molecule has 1 aliphatic heterocycles. The molecule has 20 heavy (non-hydrogen) atoms. The van der Waals surface area contributed by atoms with E-state index in [1.165, 1.54) is 0 Å². The van der Waals surface area contributed by atoms with Crippen molar-refractivity contribution in [2.75, 3.05) is 13.2 Å². The molecular formula is C14H18N2O4. The quantitative estimate of drug-likeness (QED) is 0.773. The van der Waals surface area contributed by atoms with Gasteiger partial charge in [-0.05, 0) is 43.2 Å². The number of amides is 1. The molecule has 2 heterocycles. The molecule has 6 heteroatoms. The fourth-order valence-corrected chi connectivity index (χ4v) is 3.44. The standard InChI is InChI=1S/C14H18N2O4/c17-11(10-2-1-5-15-10)16-14(12(18)19)8-13(9-14)3-6-20-7-4-13/h1-2,5,15H,3-4,6-9H2,(H,16,17)(H,18,19). The highest BCUT2D eigenvalue weighted by Gasteiger charge is 2.60. The van der Waals surface area contributed by atoms with Crippen molar-refractivity contribution in [3.05, 3.63) is 24.0 Å². The van der Waals surface area contributed by atoms with Crippen molar-refractivity contribution in [1.82, 2.24) is 10.3 Å². The number of carbonyl (C=O) groups excluding carboxylic acids is 1. The molecule has 6 nitrogen and oxygen atoms in total. The number of H-pyrrole nitrogens is 1. The van der Waals surface area contributed by atoms with Gasteiger partial charge in [-0.2, -0.15) is 0 Å². The van der Waals surface area contributed by atoms with E-state index in [-0.39, 0.29) is 11.3 Å². The van der Waals surface area contributed by atoms with Crippen LogP contribution in [0.3, 0.4) is 0 Å². The van der Waals surface area contributed by atoms with E-state index < -0.39 is 11.5 Å². The second kappa shape index (κ2) is 4.63. The van der Waals surface area contributed by atoms with Crippen LogP contribution < -0.4 is 5.32 Å². The summed E-state index contributed by atoms with van der Waals surface area (Å²) in [6, 6.07) is 3.34. The molecule has 108 valence electrons. The van der Waals surface area contributed by atoms with E-state index >= 15 is 0 Å². The van der Waals surface area contributed by atoms with Crippen LogP contribution >= 0.6 is 0 Å². The highest BCUT2D eigenvalue weighted by molar-refractivity contribution is 5.97. The minimum absolute atomic E-state index is 0.0274. The molecule has 2 aliphatic rings. The van der Waals surface area contributed by atoms with Crippen LogP contribution in [-0.4, -0.2) is 40.7 Å². The van der Waals surface area contributed by atoms with Gasteiger partial charge in [-0.1, -0.05) is 0 Å². The van der Waals surface area contributed by atoms with Crippen molar-refractivity contribution < 1.29 is 19.4 Å². The van der Waals surface area contributed by atoms with Crippen LogP contribution in [0, 0.1) is 5.41 Å². The predicted octanol–water partition coefficient (Wildman–Crippen LogP) is 1.16. The number of hydrogen-bond donors (Lipinski definition) is 3. The van der Waals surface area contributed by atoms with Crippen LogP contribution in [0.25, 0.3) is 0 Å². The molecule has 1 amide bonds. The van der Waals surface area contributed by atoms with Crippen molar-refractivity contribution in [2.45, 2.75) is 31.2 Å². The Kier molecular flexibility index (Phi) is 3.05. The predicted molar refractivity (Wildman–Crippen MR) is 70.3 cm³/mol. The molecular weight excluding hydrogens is 260 g/mol. The molecule has 1 aliphatic carbocycles. The molecule has 0 atom stereocenters. The maximum Gasteiger partial charge on any atom is 0.329 e. The molecule has 1 saturated heterocycles. The van der Waals surface area contributed by atoms with Crippen molar-refractivity contribution in [1.29, 1.82) is 0 Å². The number of nitrogens with one attached hydrogen (secondary N) is 2. The smallest absolute Gasteiger partial charge is 0.329 e. The third-order valence-electron chi connectivity index (χ3n) is 4.51. The number of carbonyl (C=O) groups is 2. The van der Waals surface area contributed by atoms with Crippen LogP contribution in [0.5, 0.6) is 0 Å². The highest BCUT2D eigenvalue weighted by atomic mass is 16.5. The van der Waals surface area contributed by atoms with Gasteiger partial charge in [-0.15, -0.1) is 0 Å². The van der Waals surface area contributed by atoms with Crippen molar-refractivity contribution >= 4 is 11.9 Å². The highest BCUT2D eigenvalue weighted by Crippen LogP contribution is 2.54. The van der Waals surface area contributed by atoms with Crippen LogP contribution in [0.15, 0.2) is 18.3 Å². The van der Waals surface area contributed by atoms with Gasteiger partial charge >= 0.3 is 5.97 Å². The Morgan fingerprint density at radius 1 is 1.30 bits per heavy atom. The summed E-state index contributed by atoms with van der Waals surface area (Å²) in [5, 5.41) is 12.2. The lowest BCUT2D eigenvalue weighted by atomic mass is 9.54. The Hall–Kier alpha value is -1.82. The first-order valence-electron chi connectivity index (χ1n) is 6.82. The topological polar surface area (TPSA) is 91.4 Å². The minimum Gasteiger partial charge on any atom is -0.480 e. The molecule has 1 aromatic heterocycles. The number of ether oxygens (including phenoxy) is 1. The van der Waals surface area contributed by atoms with Gasteiger partial charge in [0.15, 0.2) is 0 Å². The van der Waals surface area contributed by atoms with Crippen LogP contribution in [0.4, 0.5) is 0 Å². The van der Waals surface area contributed by atoms with E-state index in [0.717, 1.165) is 12.8 Å². The number of aromatic nitrogens is 1. The summed E-state index contributed by atoms with van der Waals surface area (Å²) in [5.41, 5.74) is -0.710. The average molecular weight is 278 g/mol. The largest absolute Gasteiger partial charge is 0.480 e. The molecule has 0 bridgehead atoms. The zero-order valence-corrected chi connectivity index (χ0v) is 11.1.